The van der Waals surface area contributed by atoms with E-state index < -0.39 is 0 Å². The molecule has 1 aromatic heterocycles. The Kier molecular flexibility index (Phi) is 6.14. The Labute approximate surface area is 141 Å². The molecule has 1 heterocycles. The summed E-state index contributed by atoms with van der Waals surface area (Å²) in [5.41, 5.74) is 0.562. The molecule has 0 saturated heterocycles. The number of methoxy groups -OCH3 is 1. The zero-order chi connectivity index (χ0) is 15.9. The first-order chi connectivity index (χ1) is 10.6. The van der Waals surface area contributed by atoms with Gasteiger partial charge < -0.3 is 15.4 Å². The van der Waals surface area contributed by atoms with Gasteiger partial charge in [-0.2, -0.15) is 4.37 Å². The molecule has 0 aliphatic heterocycles. The summed E-state index contributed by atoms with van der Waals surface area (Å²) in [6.07, 6.45) is 0.798. The normalized spacial score (nSPS) is 10.3. The number of ether oxygens (including phenoxy) is 1. The summed E-state index contributed by atoms with van der Waals surface area (Å²) in [4.78, 5) is 16.3. The summed E-state index contributed by atoms with van der Waals surface area (Å²) in [6, 6.07) is 5.31. The topological polar surface area (TPSA) is 76.1 Å². The summed E-state index contributed by atoms with van der Waals surface area (Å²) in [7, 11) is 1.58. The molecule has 2 N–H and O–H groups in total. The van der Waals surface area contributed by atoms with E-state index in [0.717, 1.165) is 28.4 Å². The van der Waals surface area contributed by atoms with E-state index in [1.807, 2.05) is 6.92 Å². The van der Waals surface area contributed by atoms with Crippen LogP contribution in [0.4, 0.5) is 5.13 Å². The standard InChI is InChI=1S/C14H17BrN4O2S/c1-9-18-14(22-19-9)17-7-3-6-16-13(20)11-8-10(21-2)4-5-12(11)15/h4-5,8H,3,6-7H2,1-2H3,(H,16,20)(H,17,18,19). The van der Waals surface area contributed by atoms with Crippen LogP contribution in [0.1, 0.15) is 22.6 Å². The maximum Gasteiger partial charge on any atom is 0.252 e. The van der Waals surface area contributed by atoms with Crippen molar-refractivity contribution in [1.82, 2.24) is 14.7 Å². The molecule has 22 heavy (non-hydrogen) atoms. The number of benzene rings is 1. The van der Waals surface area contributed by atoms with Gasteiger partial charge >= 0.3 is 0 Å². The van der Waals surface area contributed by atoms with Gasteiger partial charge in [0.2, 0.25) is 5.13 Å². The van der Waals surface area contributed by atoms with Crippen LogP contribution in [-0.4, -0.2) is 35.5 Å². The molecule has 0 unspecified atom stereocenters. The largest absolute Gasteiger partial charge is 0.497 e. The van der Waals surface area contributed by atoms with Crippen molar-refractivity contribution in [3.8, 4) is 5.75 Å². The van der Waals surface area contributed by atoms with Gasteiger partial charge in [-0.1, -0.05) is 0 Å². The first kappa shape index (κ1) is 16.7. The molecular weight excluding hydrogens is 368 g/mol. The Morgan fingerprint density at radius 3 is 2.91 bits per heavy atom. The Bertz CT molecular complexity index is 648. The number of rotatable bonds is 7. The highest BCUT2D eigenvalue weighted by molar-refractivity contribution is 9.10. The van der Waals surface area contributed by atoms with Crippen LogP contribution in [0.25, 0.3) is 0 Å². The zero-order valence-corrected chi connectivity index (χ0v) is 14.8. The Morgan fingerprint density at radius 2 is 2.23 bits per heavy atom. The molecule has 8 heteroatoms. The van der Waals surface area contributed by atoms with Crippen LogP contribution in [0.2, 0.25) is 0 Å². The van der Waals surface area contributed by atoms with Crippen molar-refractivity contribution in [3.63, 3.8) is 0 Å². The lowest BCUT2D eigenvalue weighted by atomic mass is 10.2. The Morgan fingerprint density at radius 1 is 1.41 bits per heavy atom. The van der Waals surface area contributed by atoms with Crippen LogP contribution in [0, 0.1) is 6.92 Å². The molecule has 0 radical (unpaired) electrons. The number of anilines is 1. The van der Waals surface area contributed by atoms with Crippen LogP contribution in [0.5, 0.6) is 5.75 Å². The molecule has 2 rings (SSSR count). The fourth-order valence-electron chi connectivity index (χ4n) is 1.76. The highest BCUT2D eigenvalue weighted by Crippen LogP contribution is 2.22. The minimum Gasteiger partial charge on any atom is -0.497 e. The third-order valence-corrected chi connectivity index (χ3v) is 4.32. The molecule has 1 aromatic carbocycles. The number of nitrogens with zero attached hydrogens (tertiary/aromatic N) is 2. The number of carbonyl (C=O) groups is 1. The van der Waals surface area contributed by atoms with Crippen molar-refractivity contribution in [2.24, 2.45) is 0 Å². The maximum absolute atomic E-state index is 12.1. The second-order valence-corrected chi connectivity index (χ2v) is 6.13. The third kappa shape index (κ3) is 4.67. The van der Waals surface area contributed by atoms with Crippen LogP contribution >= 0.6 is 27.5 Å². The van der Waals surface area contributed by atoms with E-state index >= 15 is 0 Å². The quantitative estimate of drug-likeness (QED) is 0.717. The van der Waals surface area contributed by atoms with Gasteiger partial charge in [0.1, 0.15) is 11.6 Å². The average Bonchev–Trinajstić information content (AvgIpc) is 2.92. The van der Waals surface area contributed by atoms with Crippen molar-refractivity contribution < 1.29 is 9.53 Å². The van der Waals surface area contributed by atoms with E-state index in [1.165, 1.54) is 11.5 Å². The minimum absolute atomic E-state index is 0.127. The van der Waals surface area contributed by atoms with Crippen LogP contribution in [-0.2, 0) is 0 Å². The second-order valence-electron chi connectivity index (χ2n) is 4.53. The molecule has 0 atom stereocenters. The zero-order valence-electron chi connectivity index (χ0n) is 12.4. The number of aromatic nitrogens is 2. The summed E-state index contributed by atoms with van der Waals surface area (Å²) in [6.45, 7) is 3.16. The molecule has 0 fully saturated rings. The average molecular weight is 385 g/mol. The predicted molar refractivity (Wildman–Crippen MR) is 90.8 cm³/mol. The van der Waals surface area contributed by atoms with E-state index in [1.54, 1.807) is 25.3 Å². The van der Waals surface area contributed by atoms with Crippen molar-refractivity contribution in [2.75, 3.05) is 25.5 Å². The lowest BCUT2D eigenvalue weighted by molar-refractivity contribution is 0.0952. The third-order valence-electron chi connectivity index (χ3n) is 2.86. The van der Waals surface area contributed by atoms with Gasteiger partial charge in [0, 0.05) is 29.1 Å². The minimum atomic E-state index is -0.127. The van der Waals surface area contributed by atoms with Crippen molar-refractivity contribution in [1.29, 1.82) is 0 Å². The van der Waals surface area contributed by atoms with Crippen molar-refractivity contribution in [2.45, 2.75) is 13.3 Å². The number of aryl methyl sites for hydroxylation is 1. The summed E-state index contributed by atoms with van der Waals surface area (Å²) in [5, 5.41) is 6.86. The summed E-state index contributed by atoms with van der Waals surface area (Å²) < 4.78 is 9.97. The maximum atomic E-state index is 12.1. The van der Waals surface area contributed by atoms with Gasteiger partial charge in [0.15, 0.2) is 0 Å². The van der Waals surface area contributed by atoms with Gasteiger partial charge in [0.05, 0.1) is 12.7 Å². The van der Waals surface area contributed by atoms with Gasteiger partial charge in [-0.15, -0.1) is 0 Å². The monoisotopic (exact) mass is 384 g/mol. The highest BCUT2D eigenvalue weighted by atomic mass is 79.9. The first-order valence-corrected chi connectivity index (χ1v) is 8.32. The fraction of sp³-hybridized carbons (Fsp3) is 0.357. The molecule has 0 saturated carbocycles. The van der Waals surface area contributed by atoms with Crippen LogP contribution in [0.3, 0.4) is 0 Å². The van der Waals surface area contributed by atoms with Crippen LogP contribution < -0.4 is 15.4 Å². The number of carbonyl (C=O) groups excluding carboxylic acids is 1. The van der Waals surface area contributed by atoms with Gasteiger partial charge in [-0.3, -0.25) is 4.79 Å². The molecule has 1 amide bonds. The molecule has 0 bridgehead atoms. The molecule has 6 nitrogen and oxygen atoms in total. The first-order valence-electron chi connectivity index (χ1n) is 6.76. The number of hydrogen-bond donors (Lipinski definition) is 2. The fourth-order valence-corrected chi connectivity index (χ4v) is 2.78. The summed E-state index contributed by atoms with van der Waals surface area (Å²) in [5.74, 6) is 1.29. The van der Waals surface area contributed by atoms with Gasteiger partial charge in [-0.25, -0.2) is 4.98 Å². The SMILES string of the molecule is COc1ccc(Br)c(C(=O)NCCCNc2nc(C)ns2)c1. The number of nitrogens with one attached hydrogen (secondary N) is 2. The Hall–Kier alpha value is -1.67. The highest BCUT2D eigenvalue weighted by Gasteiger charge is 2.10. The lowest BCUT2D eigenvalue weighted by Gasteiger charge is -2.08. The number of amides is 1. The van der Waals surface area contributed by atoms with E-state index in [9.17, 15) is 4.79 Å². The molecular formula is C14H17BrN4O2S. The summed E-state index contributed by atoms with van der Waals surface area (Å²) >= 11 is 4.71. The molecule has 0 spiro atoms. The Balaban J connectivity index is 1.76. The van der Waals surface area contributed by atoms with E-state index in [0.29, 0.717) is 17.9 Å². The van der Waals surface area contributed by atoms with E-state index in [2.05, 4.69) is 35.9 Å². The van der Waals surface area contributed by atoms with Crippen molar-refractivity contribution in [3.05, 3.63) is 34.1 Å². The number of halogens is 1. The van der Waals surface area contributed by atoms with Gasteiger partial charge in [0.25, 0.3) is 5.91 Å². The molecule has 0 aliphatic rings. The molecule has 118 valence electrons. The van der Waals surface area contributed by atoms with E-state index in [-0.39, 0.29) is 5.91 Å². The molecule has 0 aliphatic carbocycles. The van der Waals surface area contributed by atoms with Crippen molar-refractivity contribution >= 4 is 38.5 Å². The predicted octanol–water partition coefficient (Wildman–Crippen LogP) is 2.85. The van der Waals surface area contributed by atoms with Gasteiger partial charge in [-0.05, 0) is 47.5 Å². The number of hydrogen-bond acceptors (Lipinski definition) is 6. The van der Waals surface area contributed by atoms with E-state index in [4.69, 9.17) is 4.74 Å². The van der Waals surface area contributed by atoms with Crippen LogP contribution in [0.15, 0.2) is 22.7 Å². The second kappa shape index (κ2) is 8.09. The molecule has 2 aromatic rings. The lowest BCUT2D eigenvalue weighted by Crippen LogP contribution is -2.26. The smallest absolute Gasteiger partial charge is 0.252 e.